The molecule has 2 aromatic carbocycles. The average molecular weight is 419 g/mol. The van der Waals surface area contributed by atoms with Gasteiger partial charge in [-0.1, -0.05) is 25.0 Å². The van der Waals surface area contributed by atoms with E-state index in [9.17, 15) is 4.39 Å². The molecule has 5 nitrogen and oxygen atoms in total. The number of nitrogens with zero attached hydrogens (tertiary/aromatic N) is 1. The largest absolute Gasteiger partial charge is 0.493 e. The van der Waals surface area contributed by atoms with Gasteiger partial charge in [0.05, 0.1) is 27.0 Å². The predicted molar refractivity (Wildman–Crippen MR) is 117 cm³/mol. The molecule has 1 aliphatic carbocycles. The van der Waals surface area contributed by atoms with Crippen LogP contribution in [0.1, 0.15) is 31.2 Å². The number of ether oxygens (including phenoxy) is 3. The normalized spacial score (nSPS) is 13.8. The molecule has 0 spiro atoms. The minimum Gasteiger partial charge on any atom is -0.493 e. The number of hydrogen-bond donors (Lipinski definition) is 1. The van der Waals surface area contributed by atoms with Gasteiger partial charge in [-0.05, 0) is 49.3 Å². The fourth-order valence-corrected chi connectivity index (χ4v) is 4.13. The molecular formula is C22H27FN2O3S. The molecule has 0 radical (unpaired) electrons. The average Bonchev–Trinajstić information content (AvgIpc) is 3.27. The fourth-order valence-electron chi connectivity index (χ4n) is 3.80. The first-order valence-electron chi connectivity index (χ1n) is 9.69. The highest BCUT2D eigenvalue weighted by Gasteiger charge is 2.27. The third-order valence-electron chi connectivity index (χ3n) is 5.27. The van der Waals surface area contributed by atoms with Crippen LogP contribution in [0.25, 0.3) is 0 Å². The van der Waals surface area contributed by atoms with Crippen LogP contribution in [0.3, 0.4) is 0 Å². The molecule has 1 saturated carbocycles. The predicted octanol–water partition coefficient (Wildman–Crippen LogP) is 4.99. The van der Waals surface area contributed by atoms with Crippen LogP contribution in [0.15, 0.2) is 36.4 Å². The summed E-state index contributed by atoms with van der Waals surface area (Å²) in [5.41, 5.74) is 1.30. The fraction of sp³-hybridized carbons (Fsp3) is 0.409. The van der Waals surface area contributed by atoms with Crippen molar-refractivity contribution in [3.63, 3.8) is 0 Å². The molecule has 1 fully saturated rings. The molecule has 0 atom stereocenters. The summed E-state index contributed by atoms with van der Waals surface area (Å²) in [6, 6.07) is 10.6. The Morgan fingerprint density at radius 1 is 1.03 bits per heavy atom. The lowest BCUT2D eigenvalue weighted by Crippen LogP contribution is -2.41. The maximum Gasteiger partial charge on any atom is 0.203 e. The number of nitrogens with one attached hydrogen (secondary N) is 1. The molecule has 0 saturated heterocycles. The monoisotopic (exact) mass is 418 g/mol. The van der Waals surface area contributed by atoms with Gasteiger partial charge in [0.15, 0.2) is 16.6 Å². The van der Waals surface area contributed by atoms with Gasteiger partial charge in [0.2, 0.25) is 5.75 Å². The van der Waals surface area contributed by atoms with Gasteiger partial charge < -0.3 is 24.4 Å². The lowest BCUT2D eigenvalue weighted by molar-refractivity contribution is 0.295. The molecule has 0 unspecified atom stereocenters. The number of rotatable bonds is 7. The van der Waals surface area contributed by atoms with E-state index in [4.69, 9.17) is 26.4 Å². The van der Waals surface area contributed by atoms with Crippen molar-refractivity contribution in [1.29, 1.82) is 0 Å². The molecule has 2 aromatic rings. The van der Waals surface area contributed by atoms with Crippen molar-refractivity contribution in [2.75, 3.05) is 26.6 Å². The Balaban J connectivity index is 1.90. The van der Waals surface area contributed by atoms with Crippen molar-refractivity contribution in [1.82, 2.24) is 4.90 Å². The van der Waals surface area contributed by atoms with Crippen LogP contribution < -0.4 is 19.5 Å². The summed E-state index contributed by atoms with van der Waals surface area (Å²) in [5.74, 6) is 1.44. The van der Waals surface area contributed by atoms with Crippen LogP contribution in [0, 0.1) is 5.82 Å². The molecular weight excluding hydrogens is 391 g/mol. The number of hydrogen-bond acceptors (Lipinski definition) is 4. The molecule has 29 heavy (non-hydrogen) atoms. The van der Waals surface area contributed by atoms with Gasteiger partial charge in [0.25, 0.3) is 0 Å². The zero-order valence-electron chi connectivity index (χ0n) is 17.0. The number of methoxy groups -OCH3 is 3. The Morgan fingerprint density at radius 3 is 2.34 bits per heavy atom. The molecule has 156 valence electrons. The lowest BCUT2D eigenvalue weighted by atomic mass is 10.1. The maximum atomic E-state index is 14.1. The van der Waals surface area contributed by atoms with Crippen molar-refractivity contribution < 1.29 is 18.6 Å². The first-order chi connectivity index (χ1) is 14.1. The van der Waals surface area contributed by atoms with Gasteiger partial charge in [0.1, 0.15) is 5.82 Å². The molecule has 1 N–H and O–H groups in total. The number of benzene rings is 2. The second-order valence-corrected chi connectivity index (χ2v) is 7.36. The second-order valence-electron chi connectivity index (χ2n) is 6.97. The first-order valence-corrected chi connectivity index (χ1v) is 10.1. The van der Waals surface area contributed by atoms with Crippen molar-refractivity contribution >= 4 is 23.0 Å². The second kappa shape index (κ2) is 9.78. The Bertz CT molecular complexity index is 856. The van der Waals surface area contributed by atoms with Crippen molar-refractivity contribution in [2.24, 2.45) is 0 Å². The van der Waals surface area contributed by atoms with E-state index in [1.54, 1.807) is 39.5 Å². The molecule has 1 aliphatic rings. The summed E-state index contributed by atoms with van der Waals surface area (Å²) in [7, 11) is 4.79. The molecule has 3 rings (SSSR count). The Hall–Kier alpha value is -2.54. The number of para-hydroxylation sites is 1. The molecule has 0 amide bonds. The summed E-state index contributed by atoms with van der Waals surface area (Å²) in [6.07, 6.45) is 4.42. The topological polar surface area (TPSA) is 43.0 Å². The third kappa shape index (κ3) is 4.72. The summed E-state index contributed by atoms with van der Waals surface area (Å²) >= 11 is 5.69. The van der Waals surface area contributed by atoms with Crippen LogP contribution in [0.4, 0.5) is 10.1 Å². The van der Waals surface area contributed by atoms with Crippen LogP contribution >= 0.6 is 12.2 Å². The zero-order valence-corrected chi connectivity index (χ0v) is 17.9. The summed E-state index contributed by atoms with van der Waals surface area (Å²) < 4.78 is 30.7. The zero-order chi connectivity index (χ0) is 20.8. The van der Waals surface area contributed by atoms with Crippen LogP contribution in [0.2, 0.25) is 0 Å². The van der Waals surface area contributed by atoms with E-state index in [-0.39, 0.29) is 5.82 Å². The van der Waals surface area contributed by atoms with E-state index in [2.05, 4.69) is 10.2 Å². The van der Waals surface area contributed by atoms with E-state index in [1.807, 2.05) is 12.1 Å². The van der Waals surface area contributed by atoms with Gasteiger partial charge in [-0.2, -0.15) is 0 Å². The molecule has 0 aromatic heterocycles. The van der Waals surface area contributed by atoms with Crippen LogP contribution in [-0.4, -0.2) is 37.4 Å². The minimum absolute atomic E-state index is 0.291. The summed E-state index contributed by atoms with van der Waals surface area (Å²) in [5, 5.41) is 3.58. The Kier molecular flexibility index (Phi) is 7.14. The van der Waals surface area contributed by atoms with E-state index < -0.39 is 0 Å². The lowest BCUT2D eigenvalue weighted by Gasteiger charge is -2.32. The van der Waals surface area contributed by atoms with E-state index in [1.165, 1.54) is 6.07 Å². The van der Waals surface area contributed by atoms with E-state index in [0.717, 1.165) is 31.2 Å². The molecule has 0 aliphatic heterocycles. The van der Waals surface area contributed by atoms with Crippen molar-refractivity contribution in [3.05, 3.63) is 47.8 Å². The van der Waals surface area contributed by atoms with E-state index in [0.29, 0.717) is 40.6 Å². The highest BCUT2D eigenvalue weighted by molar-refractivity contribution is 7.80. The molecule has 0 heterocycles. The molecule has 7 heteroatoms. The smallest absolute Gasteiger partial charge is 0.203 e. The minimum atomic E-state index is -0.329. The number of halogens is 1. The van der Waals surface area contributed by atoms with Gasteiger partial charge in [-0.25, -0.2) is 4.39 Å². The van der Waals surface area contributed by atoms with Gasteiger partial charge in [0, 0.05) is 18.2 Å². The number of thiocarbonyl (C=S) groups is 1. The van der Waals surface area contributed by atoms with Gasteiger partial charge >= 0.3 is 0 Å². The maximum absolute atomic E-state index is 14.1. The van der Waals surface area contributed by atoms with Crippen molar-refractivity contribution in [2.45, 2.75) is 38.3 Å². The third-order valence-corrected chi connectivity index (χ3v) is 5.60. The Morgan fingerprint density at radius 2 is 1.72 bits per heavy atom. The SMILES string of the molecule is COc1ccc(CN(C(=S)Nc2ccccc2F)C2CCCC2)c(OC)c1OC. The van der Waals surface area contributed by atoms with Crippen molar-refractivity contribution in [3.8, 4) is 17.2 Å². The highest BCUT2D eigenvalue weighted by atomic mass is 32.1. The van der Waals surface area contributed by atoms with Crippen LogP contribution in [-0.2, 0) is 6.54 Å². The van der Waals surface area contributed by atoms with Gasteiger partial charge in [-0.15, -0.1) is 0 Å². The van der Waals surface area contributed by atoms with Gasteiger partial charge in [-0.3, -0.25) is 0 Å². The Labute approximate surface area is 176 Å². The number of anilines is 1. The first kappa shape index (κ1) is 21.2. The molecule has 0 bridgehead atoms. The summed E-state index contributed by atoms with van der Waals surface area (Å²) in [6.45, 7) is 0.522. The quantitative estimate of drug-likeness (QED) is 0.639. The standard InChI is InChI=1S/C22H27FN2O3S/c1-26-19-13-12-15(20(27-2)21(19)28-3)14-25(16-8-4-5-9-16)22(29)24-18-11-7-6-10-17(18)23/h6-7,10-13,16H,4-5,8-9,14H2,1-3H3,(H,24,29). The van der Waals surface area contributed by atoms with Crippen LogP contribution in [0.5, 0.6) is 17.2 Å². The summed E-state index contributed by atoms with van der Waals surface area (Å²) in [4.78, 5) is 2.12. The van der Waals surface area contributed by atoms with E-state index >= 15 is 0 Å². The highest BCUT2D eigenvalue weighted by Crippen LogP contribution is 2.41.